The topological polar surface area (TPSA) is 43.8 Å². The number of rotatable bonds is 3. The molecule has 0 amide bonds. The molecule has 0 bridgehead atoms. The predicted octanol–water partition coefficient (Wildman–Crippen LogP) is 2.89. The molecule has 16 heavy (non-hydrogen) atoms. The fourth-order valence-electron chi connectivity index (χ4n) is 1.63. The lowest BCUT2D eigenvalue weighted by molar-refractivity contribution is 0.660. The van der Waals surface area contributed by atoms with E-state index in [2.05, 4.69) is 57.3 Å². The quantitative estimate of drug-likeness (QED) is 0.881. The summed E-state index contributed by atoms with van der Waals surface area (Å²) in [6.07, 6.45) is 4.57. The summed E-state index contributed by atoms with van der Waals surface area (Å²) in [6, 6.07) is 8.34. The highest BCUT2D eigenvalue weighted by Crippen LogP contribution is 2.19. The Bertz CT molecular complexity index is 479. The average Bonchev–Trinajstić information content (AvgIpc) is 2.77. The van der Waals surface area contributed by atoms with Crippen LogP contribution in [0, 0.1) is 3.57 Å². The van der Waals surface area contributed by atoms with Crippen molar-refractivity contribution in [3.63, 3.8) is 0 Å². The Kier molecular flexibility index (Phi) is 3.60. The van der Waals surface area contributed by atoms with Gasteiger partial charge in [-0.3, -0.25) is 0 Å². The molecule has 0 saturated heterocycles. The molecule has 3 nitrogen and oxygen atoms in total. The largest absolute Gasteiger partial charge is 0.323 e. The Hall–Kier alpha value is -0.880. The van der Waals surface area contributed by atoms with Crippen molar-refractivity contribution < 1.29 is 0 Å². The maximum atomic E-state index is 6.05. The van der Waals surface area contributed by atoms with E-state index in [0.29, 0.717) is 0 Å². The zero-order valence-electron chi connectivity index (χ0n) is 9.10. The number of aromatic nitrogens is 2. The molecule has 0 saturated carbocycles. The Morgan fingerprint density at radius 2 is 2.31 bits per heavy atom. The normalized spacial score (nSPS) is 12.7. The molecule has 0 aliphatic carbocycles. The van der Waals surface area contributed by atoms with Gasteiger partial charge in [-0.25, -0.2) is 4.98 Å². The van der Waals surface area contributed by atoms with E-state index in [-0.39, 0.29) is 6.04 Å². The van der Waals surface area contributed by atoms with Gasteiger partial charge in [0, 0.05) is 15.3 Å². The smallest absolute Gasteiger partial charge is 0.0994 e. The summed E-state index contributed by atoms with van der Waals surface area (Å²) in [4.78, 5) is 4.18. The summed E-state index contributed by atoms with van der Waals surface area (Å²) >= 11 is 2.30. The summed E-state index contributed by atoms with van der Waals surface area (Å²) in [5.41, 5.74) is 8.23. The molecular weight excluding hydrogens is 313 g/mol. The molecule has 0 fully saturated rings. The molecule has 2 rings (SSSR count). The number of nitrogens with zero attached hydrogens (tertiary/aromatic N) is 2. The maximum Gasteiger partial charge on any atom is 0.0994 e. The van der Waals surface area contributed by atoms with Crippen LogP contribution in [-0.4, -0.2) is 9.55 Å². The van der Waals surface area contributed by atoms with E-state index in [1.54, 1.807) is 0 Å². The maximum absolute atomic E-state index is 6.05. The number of nitrogens with two attached hydrogens (primary N) is 1. The summed E-state index contributed by atoms with van der Waals surface area (Å²) in [5.74, 6) is 0. The molecule has 2 aromatic rings. The third-order valence-corrected chi connectivity index (χ3v) is 3.24. The van der Waals surface area contributed by atoms with Crippen molar-refractivity contribution in [1.82, 2.24) is 9.55 Å². The van der Waals surface area contributed by atoms with Crippen molar-refractivity contribution in [3.05, 3.63) is 46.1 Å². The zero-order chi connectivity index (χ0) is 11.5. The van der Waals surface area contributed by atoms with Crippen molar-refractivity contribution in [2.45, 2.75) is 19.4 Å². The van der Waals surface area contributed by atoms with Gasteiger partial charge in [0.2, 0.25) is 0 Å². The summed E-state index contributed by atoms with van der Waals surface area (Å²) in [7, 11) is 0. The van der Waals surface area contributed by atoms with E-state index in [0.717, 1.165) is 17.8 Å². The Labute approximate surface area is 109 Å². The Morgan fingerprint density at radius 1 is 1.50 bits per heavy atom. The predicted molar refractivity (Wildman–Crippen MR) is 73.5 cm³/mol. The van der Waals surface area contributed by atoms with E-state index in [1.807, 2.05) is 18.6 Å². The first kappa shape index (κ1) is 11.6. The van der Waals surface area contributed by atoms with E-state index in [1.165, 1.54) is 3.57 Å². The Morgan fingerprint density at radius 3 is 3.00 bits per heavy atom. The first-order valence-electron chi connectivity index (χ1n) is 5.26. The molecule has 0 spiro atoms. The standard InChI is InChI=1S/C12H14IN3/c1-2-11(14)12-7-15-8-16(12)10-5-3-4-9(13)6-10/h3-8,11H,2,14H2,1H3/t11-/m1/s1. The molecule has 0 radical (unpaired) electrons. The average molecular weight is 327 g/mol. The number of benzene rings is 1. The van der Waals surface area contributed by atoms with Crippen molar-refractivity contribution >= 4 is 22.6 Å². The van der Waals surface area contributed by atoms with Gasteiger partial charge in [0.1, 0.15) is 0 Å². The van der Waals surface area contributed by atoms with E-state index in [4.69, 9.17) is 5.73 Å². The SMILES string of the molecule is CC[C@@H](N)c1cncn1-c1cccc(I)c1. The molecule has 1 aromatic carbocycles. The van der Waals surface area contributed by atoms with Crippen molar-refractivity contribution in [3.8, 4) is 5.69 Å². The van der Waals surface area contributed by atoms with Crippen LogP contribution < -0.4 is 5.73 Å². The monoisotopic (exact) mass is 327 g/mol. The molecule has 2 N–H and O–H groups in total. The van der Waals surface area contributed by atoms with Gasteiger partial charge in [0.05, 0.1) is 18.2 Å². The molecule has 84 valence electrons. The van der Waals surface area contributed by atoms with Crippen LogP contribution in [0.1, 0.15) is 25.1 Å². The molecular formula is C12H14IN3. The summed E-state index contributed by atoms with van der Waals surface area (Å²) in [5, 5.41) is 0. The van der Waals surface area contributed by atoms with Crippen LogP contribution in [0.15, 0.2) is 36.8 Å². The zero-order valence-corrected chi connectivity index (χ0v) is 11.3. The van der Waals surface area contributed by atoms with Crippen LogP contribution in [0.5, 0.6) is 0 Å². The van der Waals surface area contributed by atoms with Gasteiger partial charge in [-0.05, 0) is 47.2 Å². The molecule has 4 heteroatoms. The summed E-state index contributed by atoms with van der Waals surface area (Å²) in [6.45, 7) is 2.08. The van der Waals surface area contributed by atoms with E-state index in [9.17, 15) is 0 Å². The van der Waals surface area contributed by atoms with Crippen LogP contribution in [0.2, 0.25) is 0 Å². The highest BCUT2D eigenvalue weighted by molar-refractivity contribution is 14.1. The van der Waals surface area contributed by atoms with Gasteiger partial charge in [0.15, 0.2) is 0 Å². The minimum atomic E-state index is 0.0420. The lowest BCUT2D eigenvalue weighted by atomic mass is 10.2. The summed E-state index contributed by atoms with van der Waals surface area (Å²) < 4.78 is 3.26. The van der Waals surface area contributed by atoms with Gasteiger partial charge in [-0.1, -0.05) is 13.0 Å². The second-order valence-electron chi connectivity index (χ2n) is 3.68. The third kappa shape index (κ3) is 2.27. The molecule has 0 aliphatic heterocycles. The highest BCUT2D eigenvalue weighted by Gasteiger charge is 2.10. The third-order valence-electron chi connectivity index (χ3n) is 2.57. The fraction of sp³-hybridized carbons (Fsp3) is 0.250. The highest BCUT2D eigenvalue weighted by atomic mass is 127. The van der Waals surface area contributed by atoms with Gasteiger partial charge in [-0.2, -0.15) is 0 Å². The second kappa shape index (κ2) is 4.97. The van der Waals surface area contributed by atoms with Crippen LogP contribution in [0.3, 0.4) is 0 Å². The van der Waals surface area contributed by atoms with E-state index < -0.39 is 0 Å². The first-order chi connectivity index (χ1) is 7.72. The van der Waals surface area contributed by atoms with Crippen molar-refractivity contribution in [2.24, 2.45) is 5.73 Å². The molecule has 1 atom stereocenters. The van der Waals surface area contributed by atoms with Crippen LogP contribution in [0.25, 0.3) is 5.69 Å². The fourth-order valence-corrected chi connectivity index (χ4v) is 2.16. The minimum absolute atomic E-state index is 0.0420. The number of imidazole rings is 1. The minimum Gasteiger partial charge on any atom is -0.323 e. The van der Waals surface area contributed by atoms with Gasteiger partial charge in [-0.15, -0.1) is 0 Å². The number of hydrogen-bond donors (Lipinski definition) is 1. The van der Waals surface area contributed by atoms with Crippen molar-refractivity contribution in [1.29, 1.82) is 0 Å². The molecule has 0 aliphatic rings. The van der Waals surface area contributed by atoms with E-state index >= 15 is 0 Å². The molecule has 1 aromatic heterocycles. The lowest BCUT2D eigenvalue weighted by Gasteiger charge is -2.13. The second-order valence-corrected chi connectivity index (χ2v) is 4.93. The molecule has 0 unspecified atom stereocenters. The van der Waals surface area contributed by atoms with Crippen LogP contribution in [-0.2, 0) is 0 Å². The molecule has 1 heterocycles. The Balaban J connectivity index is 2.44. The van der Waals surface area contributed by atoms with Gasteiger partial charge < -0.3 is 10.3 Å². The van der Waals surface area contributed by atoms with Gasteiger partial charge >= 0.3 is 0 Å². The van der Waals surface area contributed by atoms with Crippen molar-refractivity contribution in [2.75, 3.05) is 0 Å². The lowest BCUT2D eigenvalue weighted by Crippen LogP contribution is -2.13. The van der Waals surface area contributed by atoms with Crippen LogP contribution in [0.4, 0.5) is 0 Å². The first-order valence-corrected chi connectivity index (χ1v) is 6.34. The van der Waals surface area contributed by atoms with Gasteiger partial charge in [0.25, 0.3) is 0 Å². The number of halogens is 1. The number of hydrogen-bond acceptors (Lipinski definition) is 2. The van der Waals surface area contributed by atoms with Crippen LogP contribution >= 0.6 is 22.6 Å².